The number of halogens is 3. The first-order valence-corrected chi connectivity index (χ1v) is 12.7. The van der Waals surface area contributed by atoms with Crippen LogP contribution in [-0.4, -0.2) is 30.3 Å². The number of rotatable bonds is 14. The van der Waals surface area contributed by atoms with Gasteiger partial charge < -0.3 is 14.3 Å². The number of carbonyl (C=O) groups excluding carboxylic acids is 1. The maximum atomic E-state index is 13.4. The van der Waals surface area contributed by atoms with Gasteiger partial charge in [-0.3, -0.25) is 10.1 Å². The van der Waals surface area contributed by atoms with Crippen LogP contribution >= 0.6 is 0 Å². The van der Waals surface area contributed by atoms with Crippen LogP contribution in [0.4, 0.5) is 13.2 Å². The van der Waals surface area contributed by atoms with Crippen LogP contribution in [0.25, 0.3) is 11.0 Å². The fraction of sp³-hybridized carbons (Fsp3) is 0.571. The topological polar surface area (TPSA) is 88.8 Å². The molecule has 6 nitrogen and oxygen atoms in total. The molecule has 2 aromatic rings. The van der Waals surface area contributed by atoms with Crippen molar-refractivity contribution in [3.63, 3.8) is 0 Å². The SMILES string of the molecule is CCCc1c(OCCCCCCNC(C)(O)C(C)(C)/C(C)=C\C=O)ccc2c(C(F)(F)F)cc(=O)oc12. The molecule has 1 aromatic heterocycles. The molecule has 0 aliphatic rings. The van der Waals surface area contributed by atoms with Gasteiger partial charge in [0.15, 0.2) is 0 Å². The summed E-state index contributed by atoms with van der Waals surface area (Å²) in [6.07, 6.45) is 1.89. The molecule has 0 radical (unpaired) electrons. The number of allylic oxidation sites excluding steroid dienone is 1. The van der Waals surface area contributed by atoms with Crippen molar-refractivity contribution in [3.8, 4) is 5.75 Å². The minimum atomic E-state index is -4.66. The Kier molecular flexibility index (Phi) is 10.5. The van der Waals surface area contributed by atoms with Crippen LogP contribution in [0.5, 0.6) is 5.75 Å². The van der Waals surface area contributed by atoms with Crippen molar-refractivity contribution < 1.29 is 32.2 Å². The van der Waals surface area contributed by atoms with Gasteiger partial charge in [0.1, 0.15) is 23.3 Å². The van der Waals surface area contributed by atoms with E-state index in [0.717, 1.165) is 31.3 Å². The zero-order valence-electron chi connectivity index (χ0n) is 22.3. The Bertz CT molecular complexity index is 1150. The third-order valence-electron chi connectivity index (χ3n) is 7.10. The fourth-order valence-corrected chi connectivity index (χ4v) is 4.13. The molecular weight excluding hydrogens is 487 g/mol. The maximum Gasteiger partial charge on any atom is 0.417 e. The van der Waals surface area contributed by atoms with Crippen LogP contribution in [-0.2, 0) is 17.4 Å². The average molecular weight is 526 g/mol. The van der Waals surface area contributed by atoms with E-state index in [9.17, 15) is 27.9 Å². The second kappa shape index (κ2) is 12.7. The van der Waals surface area contributed by atoms with E-state index < -0.39 is 28.5 Å². The highest BCUT2D eigenvalue weighted by molar-refractivity contribution is 5.85. The molecule has 0 amide bonds. The molecule has 0 bridgehead atoms. The molecule has 37 heavy (non-hydrogen) atoms. The van der Waals surface area contributed by atoms with E-state index in [1.807, 2.05) is 27.7 Å². The standard InChI is InChI=1S/C28H38F3NO5/c1-6-11-21-23(13-12-20-22(28(29,30)31)18-24(34)37-25(20)21)36-17-10-8-7-9-15-32-27(5,35)26(3,4)19(2)14-16-33/h12-14,16,18,32,35H,6-11,15,17H2,1-5H3/b19-14-. The summed E-state index contributed by atoms with van der Waals surface area (Å²) in [6, 6.07) is 3.29. The zero-order valence-corrected chi connectivity index (χ0v) is 22.3. The highest BCUT2D eigenvalue weighted by atomic mass is 19.4. The first-order chi connectivity index (χ1) is 17.3. The lowest BCUT2D eigenvalue weighted by molar-refractivity contribution is -0.136. The predicted molar refractivity (Wildman–Crippen MR) is 138 cm³/mol. The van der Waals surface area contributed by atoms with Gasteiger partial charge in [0.05, 0.1) is 12.2 Å². The van der Waals surface area contributed by atoms with Crippen LogP contribution in [0, 0.1) is 5.41 Å². The summed E-state index contributed by atoms with van der Waals surface area (Å²) in [7, 11) is 0. The van der Waals surface area contributed by atoms with Gasteiger partial charge in [0.25, 0.3) is 0 Å². The lowest BCUT2D eigenvalue weighted by Gasteiger charge is -2.41. The average Bonchev–Trinajstić information content (AvgIpc) is 2.80. The minimum Gasteiger partial charge on any atom is -0.493 e. The van der Waals surface area contributed by atoms with E-state index in [0.29, 0.717) is 49.7 Å². The number of alkyl halides is 3. The van der Waals surface area contributed by atoms with Crippen LogP contribution in [0.3, 0.4) is 0 Å². The van der Waals surface area contributed by atoms with E-state index in [1.165, 1.54) is 18.2 Å². The zero-order chi connectivity index (χ0) is 27.9. The Morgan fingerprint density at radius 2 is 1.81 bits per heavy atom. The highest BCUT2D eigenvalue weighted by Gasteiger charge is 2.40. The van der Waals surface area contributed by atoms with Crippen LogP contribution in [0.15, 0.2) is 39.1 Å². The summed E-state index contributed by atoms with van der Waals surface area (Å²) in [5, 5.41) is 13.9. The molecule has 0 spiro atoms. The first-order valence-electron chi connectivity index (χ1n) is 12.7. The molecule has 1 heterocycles. The number of fused-ring (bicyclic) bond motifs is 1. The lowest BCUT2D eigenvalue weighted by Crippen LogP contribution is -2.54. The number of hydrogen-bond acceptors (Lipinski definition) is 6. The Labute approximate surface area is 215 Å². The second-order valence-corrected chi connectivity index (χ2v) is 10.0. The van der Waals surface area contributed by atoms with Gasteiger partial charge in [0.2, 0.25) is 0 Å². The minimum absolute atomic E-state index is 0.0709. The Morgan fingerprint density at radius 3 is 2.43 bits per heavy atom. The Balaban J connectivity index is 1.93. The van der Waals surface area contributed by atoms with Gasteiger partial charge in [-0.05, 0) is 57.9 Å². The molecule has 0 saturated heterocycles. The highest BCUT2D eigenvalue weighted by Crippen LogP contribution is 2.38. The molecule has 0 aliphatic heterocycles. The number of carbonyl (C=O) groups is 1. The van der Waals surface area contributed by atoms with Gasteiger partial charge in [-0.15, -0.1) is 0 Å². The van der Waals surface area contributed by atoms with Gasteiger partial charge in [-0.1, -0.05) is 45.6 Å². The lowest BCUT2D eigenvalue weighted by atomic mass is 9.75. The number of hydrogen-bond donors (Lipinski definition) is 2. The van der Waals surface area contributed by atoms with Gasteiger partial charge in [0, 0.05) is 22.4 Å². The number of aliphatic hydroxyl groups is 1. The number of unbranched alkanes of at least 4 members (excludes halogenated alkanes) is 3. The summed E-state index contributed by atoms with van der Waals surface area (Å²) >= 11 is 0. The van der Waals surface area contributed by atoms with Crippen molar-refractivity contribution in [2.45, 2.75) is 85.0 Å². The maximum absolute atomic E-state index is 13.4. The van der Waals surface area contributed by atoms with Crippen molar-refractivity contribution in [1.82, 2.24) is 5.32 Å². The molecule has 9 heteroatoms. The smallest absolute Gasteiger partial charge is 0.417 e. The number of aldehydes is 1. The number of ether oxygens (including phenoxy) is 1. The summed E-state index contributed by atoms with van der Waals surface area (Å²) in [4.78, 5) is 22.6. The van der Waals surface area contributed by atoms with Crippen molar-refractivity contribution in [3.05, 3.63) is 51.4 Å². The largest absolute Gasteiger partial charge is 0.493 e. The van der Waals surface area contributed by atoms with Gasteiger partial charge in [-0.25, -0.2) is 4.79 Å². The molecule has 206 valence electrons. The van der Waals surface area contributed by atoms with Crippen molar-refractivity contribution in [2.75, 3.05) is 13.2 Å². The van der Waals surface area contributed by atoms with E-state index >= 15 is 0 Å². The monoisotopic (exact) mass is 525 g/mol. The molecule has 1 aromatic carbocycles. The van der Waals surface area contributed by atoms with Crippen LogP contribution in [0.1, 0.15) is 77.8 Å². The first kappa shape index (κ1) is 30.6. The molecular formula is C28H38F3NO5. The molecule has 1 unspecified atom stereocenters. The van der Waals surface area contributed by atoms with Gasteiger partial charge >= 0.3 is 11.8 Å². The van der Waals surface area contributed by atoms with Crippen molar-refractivity contribution in [1.29, 1.82) is 0 Å². The summed E-state index contributed by atoms with van der Waals surface area (Å²) in [5.74, 6) is 0.426. The van der Waals surface area contributed by atoms with Crippen LogP contribution in [0.2, 0.25) is 0 Å². The van der Waals surface area contributed by atoms with Crippen molar-refractivity contribution >= 4 is 17.3 Å². The summed E-state index contributed by atoms with van der Waals surface area (Å²) in [6.45, 7) is 10.1. The summed E-state index contributed by atoms with van der Waals surface area (Å²) in [5.41, 5.74) is -2.69. The van der Waals surface area contributed by atoms with E-state index in [-0.39, 0.29) is 11.0 Å². The van der Waals surface area contributed by atoms with E-state index in [1.54, 1.807) is 6.92 Å². The predicted octanol–water partition coefficient (Wildman–Crippen LogP) is 6.17. The second-order valence-electron chi connectivity index (χ2n) is 10.0. The molecule has 0 fully saturated rings. The number of nitrogens with one attached hydrogen (secondary N) is 1. The van der Waals surface area contributed by atoms with E-state index in [2.05, 4.69) is 5.32 Å². The van der Waals surface area contributed by atoms with Crippen molar-refractivity contribution in [2.24, 2.45) is 5.41 Å². The molecule has 0 aliphatic carbocycles. The fourth-order valence-electron chi connectivity index (χ4n) is 4.13. The van der Waals surface area contributed by atoms with Crippen LogP contribution < -0.4 is 15.7 Å². The Hall–Kier alpha value is -2.65. The molecule has 1 atom stereocenters. The molecule has 0 saturated carbocycles. The number of aryl methyl sites for hydroxylation is 1. The van der Waals surface area contributed by atoms with E-state index in [4.69, 9.17) is 9.15 Å². The number of benzene rings is 1. The third-order valence-corrected chi connectivity index (χ3v) is 7.10. The molecule has 2 rings (SSSR count). The molecule has 2 N–H and O–H groups in total. The van der Waals surface area contributed by atoms with Gasteiger partial charge in [-0.2, -0.15) is 13.2 Å². The Morgan fingerprint density at radius 1 is 1.14 bits per heavy atom. The third kappa shape index (κ3) is 7.68. The normalized spacial score (nSPS) is 14.6. The quantitative estimate of drug-likeness (QED) is 0.101. The summed E-state index contributed by atoms with van der Waals surface area (Å²) < 4.78 is 51.4.